The van der Waals surface area contributed by atoms with E-state index in [9.17, 15) is 0 Å². The Kier molecular flexibility index (Phi) is 9.64. The highest BCUT2D eigenvalue weighted by Gasteiger charge is 2.15. The lowest BCUT2D eigenvalue weighted by Crippen LogP contribution is -2.44. The standard InChI is InChI=1S/C21H29BrN6.HI/c1-23-21(27(3)16-18-6-4-5-7-19(18)22)25-15-17-8-9-20(24-14-17)28-12-10-26(2)11-13-28;/h4-9,14H,10-13,15-16H2,1-3H3,(H,23,25);1H. The van der Waals surface area contributed by atoms with Crippen LogP contribution in [-0.2, 0) is 13.1 Å². The summed E-state index contributed by atoms with van der Waals surface area (Å²) in [5, 5.41) is 3.43. The van der Waals surface area contributed by atoms with Crippen LogP contribution in [0, 0.1) is 0 Å². The van der Waals surface area contributed by atoms with Crippen LogP contribution >= 0.6 is 39.9 Å². The molecule has 158 valence electrons. The minimum Gasteiger partial charge on any atom is -0.354 e. The van der Waals surface area contributed by atoms with Gasteiger partial charge in [-0.1, -0.05) is 40.2 Å². The molecule has 1 saturated heterocycles. The fourth-order valence-electron chi connectivity index (χ4n) is 3.27. The van der Waals surface area contributed by atoms with Crippen LogP contribution in [0.15, 0.2) is 52.1 Å². The van der Waals surface area contributed by atoms with Crippen molar-refractivity contribution in [2.75, 3.05) is 52.2 Å². The highest BCUT2D eigenvalue weighted by atomic mass is 127. The molecule has 0 amide bonds. The van der Waals surface area contributed by atoms with Crippen molar-refractivity contribution in [3.05, 3.63) is 58.2 Å². The lowest BCUT2D eigenvalue weighted by molar-refractivity contribution is 0.312. The maximum absolute atomic E-state index is 4.66. The van der Waals surface area contributed by atoms with Crippen molar-refractivity contribution in [2.45, 2.75) is 13.1 Å². The summed E-state index contributed by atoms with van der Waals surface area (Å²) >= 11 is 3.61. The lowest BCUT2D eigenvalue weighted by Gasteiger charge is -2.33. The third kappa shape index (κ3) is 6.82. The Morgan fingerprint density at radius 1 is 1.17 bits per heavy atom. The number of nitrogens with zero attached hydrogens (tertiary/aromatic N) is 5. The zero-order valence-corrected chi connectivity index (χ0v) is 21.2. The van der Waals surface area contributed by atoms with E-state index < -0.39 is 0 Å². The quantitative estimate of drug-likeness (QED) is 0.338. The first-order valence-corrected chi connectivity index (χ1v) is 10.4. The van der Waals surface area contributed by atoms with Gasteiger partial charge in [-0.3, -0.25) is 4.99 Å². The molecule has 0 aliphatic carbocycles. The second-order valence-corrected chi connectivity index (χ2v) is 8.02. The Labute approximate surface area is 199 Å². The molecule has 0 radical (unpaired) electrons. The molecule has 0 bridgehead atoms. The Morgan fingerprint density at radius 3 is 2.52 bits per heavy atom. The molecular weight excluding hydrogens is 543 g/mol. The van der Waals surface area contributed by atoms with Gasteiger partial charge in [0.05, 0.1) is 0 Å². The number of halogens is 2. The molecule has 0 saturated carbocycles. The van der Waals surface area contributed by atoms with E-state index in [1.54, 1.807) is 0 Å². The van der Waals surface area contributed by atoms with E-state index in [-0.39, 0.29) is 24.0 Å². The van der Waals surface area contributed by atoms with Gasteiger partial charge >= 0.3 is 0 Å². The molecular formula is C21H30BrIN6. The maximum Gasteiger partial charge on any atom is 0.193 e. The number of anilines is 1. The van der Waals surface area contributed by atoms with E-state index in [4.69, 9.17) is 0 Å². The summed E-state index contributed by atoms with van der Waals surface area (Å²) in [6, 6.07) is 12.5. The van der Waals surface area contributed by atoms with E-state index in [0.29, 0.717) is 6.54 Å². The topological polar surface area (TPSA) is 47.0 Å². The van der Waals surface area contributed by atoms with Gasteiger partial charge < -0.3 is 20.0 Å². The van der Waals surface area contributed by atoms with E-state index in [0.717, 1.165) is 54.5 Å². The highest BCUT2D eigenvalue weighted by Crippen LogP contribution is 2.17. The van der Waals surface area contributed by atoms with E-state index >= 15 is 0 Å². The van der Waals surface area contributed by atoms with Crippen molar-refractivity contribution in [1.82, 2.24) is 20.1 Å². The largest absolute Gasteiger partial charge is 0.354 e. The average Bonchev–Trinajstić information content (AvgIpc) is 2.71. The number of nitrogens with one attached hydrogen (secondary N) is 1. The molecule has 1 N–H and O–H groups in total. The minimum atomic E-state index is 0. The highest BCUT2D eigenvalue weighted by molar-refractivity contribution is 14.0. The Hall–Kier alpha value is -1.39. The van der Waals surface area contributed by atoms with Gasteiger partial charge in [-0.05, 0) is 30.3 Å². The van der Waals surface area contributed by atoms with Gasteiger partial charge in [0.2, 0.25) is 0 Å². The van der Waals surface area contributed by atoms with Crippen LogP contribution in [0.4, 0.5) is 5.82 Å². The molecule has 3 rings (SSSR count). The summed E-state index contributed by atoms with van der Waals surface area (Å²) in [4.78, 5) is 15.9. The zero-order chi connectivity index (χ0) is 19.9. The number of likely N-dealkylation sites (N-methyl/N-ethyl adjacent to an activating group) is 1. The van der Waals surface area contributed by atoms with Crippen molar-refractivity contribution >= 4 is 51.7 Å². The summed E-state index contributed by atoms with van der Waals surface area (Å²) in [5.41, 5.74) is 2.37. The van der Waals surface area contributed by atoms with Gasteiger partial charge in [-0.25, -0.2) is 4.98 Å². The smallest absolute Gasteiger partial charge is 0.193 e. The van der Waals surface area contributed by atoms with Gasteiger partial charge in [0.15, 0.2) is 5.96 Å². The van der Waals surface area contributed by atoms with Crippen molar-refractivity contribution < 1.29 is 0 Å². The zero-order valence-electron chi connectivity index (χ0n) is 17.3. The SMILES string of the molecule is CN=C(NCc1ccc(N2CCN(C)CC2)nc1)N(C)Cc1ccccc1Br.I. The summed E-state index contributed by atoms with van der Waals surface area (Å²) in [7, 11) is 6.02. The third-order valence-electron chi connectivity index (χ3n) is 5.03. The van der Waals surface area contributed by atoms with Gasteiger partial charge in [0.1, 0.15) is 5.82 Å². The number of piperazine rings is 1. The van der Waals surface area contributed by atoms with Crippen molar-refractivity contribution in [3.8, 4) is 0 Å². The third-order valence-corrected chi connectivity index (χ3v) is 5.80. The van der Waals surface area contributed by atoms with Gasteiger partial charge in [-0.2, -0.15) is 0 Å². The van der Waals surface area contributed by atoms with Crippen LogP contribution in [0.2, 0.25) is 0 Å². The number of pyridine rings is 1. The molecule has 1 fully saturated rings. The first-order chi connectivity index (χ1) is 13.6. The van der Waals surface area contributed by atoms with E-state index in [1.165, 1.54) is 5.56 Å². The molecule has 1 aromatic carbocycles. The number of guanidine groups is 1. The molecule has 2 aromatic rings. The van der Waals surface area contributed by atoms with Crippen LogP contribution in [0.25, 0.3) is 0 Å². The fraction of sp³-hybridized carbons (Fsp3) is 0.429. The fourth-order valence-corrected chi connectivity index (χ4v) is 3.68. The van der Waals surface area contributed by atoms with Gasteiger partial charge in [0.25, 0.3) is 0 Å². The predicted molar refractivity (Wildman–Crippen MR) is 135 cm³/mol. The second-order valence-electron chi connectivity index (χ2n) is 7.16. The molecule has 29 heavy (non-hydrogen) atoms. The first-order valence-electron chi connectivity index (χ1n) is 9.60. The number of hydrogen-bond donors (Lipinski definition) is 1. The van der Waals surface area contributed by atoms with Crippen molar-refractivity contribution in [3.63, 3.8) is 0 Å². The number of aliphatic imine (C=N–C) groups is 1. The molecule has 1 aliphatic heterocycles. The van der Waals surface area contributed by atoms with Crippen molar-refractivity contribution in [1.29, 1.82) is 0 Å². The van der Waals surface area contributed by atoms with E-state index in [1.807, 2.05) is 26.4 Å². The van der Waals surface area contributed by atoms with Crippen LogP contribution < -0.4 is 10.2 Å². The summed E-state index contributed by atoms with van der Waals surface area (Å²) in [6.07, 6.45) is 1.96. The lowest BCUT2D eigenvalue weighted by atomic mass is 10.2. The van der Waals surface area contributed by atoms with Crippen LogP contribution in [0.3, 0.4) is 0 Å². The van der Waals surface area contributed by atoms with Crippen molar-refractivity contribution in [2.24, 2.45) is 4.99 Å². The monoisotopic (exact) mass is 572 g/mol. The predicted octanol–water partition coefficient (Wildman–Crippen LogP) is 3.42. The molecule has 1 aliphatic rings. The Bertz CT molecular complexity index is 790. The average molecular weight is 573 g/mol. The Morgan fingerprint density at radius 2 is 1.90 bits per heavy atom. The number of aromatic nitrogens is 1. The van der Waals surface area contributed by atoms with Crippen LogP contribution in [0.5, 0.6) is 0 Å². The molecule has 6 nitrogen and oxygen atoms in total. The van der Waals surface area contributed by atoms with E-state index in [2.05, 4.69) is 83.3 Å². The normalized spacial score (nSPS) is 15.0. The Balaban J connectivity index is 0.00000300. The second kappa shape index (κ2) is 11.7. The summed E-state index contributed by atoms with van der Waals surface area (Å²) in [5.74, 6) is 1.92. The van der Waals surface area contributed by atoms with Gasteiger partial charge in [-0.15, -0.1) is 24.0 Å². The summed E-state index contributed by atoms with van der Waals surface area (Å²) < 4.78 is 1.11. The minimum absolute atomic E-state index is 0. The summed E-state index contributed by atoms with van der Waals surface area (Å²) in [6.45, 7) is 5.72. The molecule has 1 aromatic heterocycles. The molecule has 2 heterocycles. The molecule has 0 unspecified atom stereocenters. The number of hydrogen-bond acceptors (Lipinski definition) is 4. The van der Waals surface area contributed by atoms with Crippen LogP contribution in [-0.4, -0.2) is 68.1 Å². The van der Waals surface area contributed by atoms with Crippen LogP contribution in [0.1, 0.15) is 11.1 Å². The first kappa shape index (κ1) is 23.9. The number of rotatable bonds is 5. The molecule has 0 atom stereocenters. The molecule has 8 heteroatoms. The molecule has 0 spiro atoms. The maximum atomic E-state index is 4.66. The number of benzene rings is 1. The van der Waals surface area contributed by atoms with Gasteiger partial charge in [0, 0.05) is 64.0 Å².